The molecular formula is C27H26N4O3S. The topological polar surface area (TPSA) is 84.3 Å². The van der Waals surface area contributed by atoms with E-state index in [9.17, 15) is 14.4 Å². The fourth-order valence-electron chi connectivity index (χ4n) is 3.61. The molecule has 3 aromatic carbocycles. The Morgan fingerprint density at radius 3 is 2.40 bits per heavy atom. The third-order valence-corrected chi connectivity index (χ3v) is 6.49. The molecule has 1 aromatic heterocycles. The molecule has 7 nitrogen and oxygen atoms in total. The highest BCUT2D eigenvalue weighted by Gasteiger charge is 2.18. The predicted molar refractivity (Wildman–Crippen MR) is 140 cm³/mol. The summed E-state index contributed by atoms with van der Waals surface area (Å²) in [6.45, 7) is 3.82. The van der Waals surface area contributed by atoms with E-state index < -0.39 is 0 Å². The van der Waals surface area contributed by atoms with Gasteiger partial charge in [0.15, 0.2) is 5.16 Å². The quantitative estimate of drug-likeness (QED) is 0.313. The SMILES string of the molecule is Cc1ccc(NC(=O)CN(C)C(=O)CSc2nc3ccccc3c(=O)n2-c2ccccc2C)cc1. The fraction of sp³-hybridized carbons (Fsp3) is 0.185. The Morgan fingerprint density at radius 1 is 0.971 bits per heavy atom. The summed E-state index contributed by atoms with van der Waals surface area (Å²) < 4.78 is 1.56. The summed E-state index contributed by atoms with van der Waals surface area (Å²) in [5.41, 5.74) is 3.80. The van der Waals surface area contributed by atoms with Crippen molar-refractivity contribution in [3.05, 3.63) is 94.3 Å². The van der Waals surface area contributed by atoms with Crippen LogP contribution in [0.25, 0.3) is 16.6 Å². The molecule has 4 aromatic rings. The van der Waals surface area contributed by atoms with E-state index in [-0.39, 0.29) is 29.7 Å². The van der Waals surface area contributed by atoms with Crippen LogP contribution in [-0.2, 0) is 9.59 Å². The third-order valence-electron chi connectivity index (χ3n) is 5.57. The Morgan fingerprint density at radius 2 is 1.66 bits per heavy atom. The molecule has 0 spiro atoms. The first-order chi connectivity index (χ1) is 16.8. The number of rotatable bonds is 7. The van der Waals surface area contributed by atoms with Crippen LogP contribution in [0.2, 0.25) is 0 Å². The van der Waals surface area contributed by atoms with Crippen molar-refractivity contribution in [1.82, 2.24) is 14.5 Å². The summed E-state index contributed by atoms with van der Waals surface area (Å²) in [6.07, 6.45) is 0. The standard InChI is InChI=1S/C27H26N4O3S/c1-18-12-14-20(15-13-18)28-24(32)16-30(3)25(33)17-35-27-29-22-10-6-5-9-21(22)26(34)31(27)23-11-7-4-8-19(23)2/h4-15H,16-17H2,1-3H3,(H,28,32). The van der Waals surface area contributed by atoms with E-state index in [1.165, 1.54) is 16.7 Å². The molecule has 0 saturated heterocycles. The minimum Gasteiger partial charge on any atom is -0.336 e. The van der Waals surface area contributed by atoms with E-state index >= 15 is 0 Å². The lowest BCUT2D eigenvalue weighted by molar-refractivity contribution is -0.131. The van der Waals surface area contributed by atoms with Crippen LogP contribution in [0.3, 0.4) is 0 Å². The van der Waals surface area contributed by atoms with Crippen LogP contribution in [0.15, 0.2) is 82.7 Å². The van der Waals surface area contributed by atoms with Gasteiger partial charge in [0.05, 0.1) is 28.9 Å². The first kappa shape index (κ1) is 24.2. The highest BCUT2D eigenvalue weighted by atomic mass is 32.2. The Balaban J connectivity index is 1.52. The fourth-order valence-corrected chi connectivity index (χ4v) is 4.56. The number of fused-ring (bicyclic) bond motifs is 1. The molecule has 178 valence electrons. The number of hydrogen-bond acceptors (Lipinski definition) is 5. The summed E-state index contributed by atoms with van der Waals surface area (Å²) in [5.74, 6) is -0.492. The molecule has 2 amide bonds. The second-order valence-corrected chi connectivity index (χ2v) is 9.23. The highest BCUT2D eigenvalue weighted by molar-refractivity contribution is 7.99. The minimum atomic E-state index is -0.282. The van der Waals surface area contributed by atoms with Gasteiger partial charge in [-0.25, -0.2) is 4.98 Å². The van der Waals surface area contributed by atoms with Gasteiger partial charge in [0, 0.05) is 12.7 Å². The monoisotopic (exact) mass is 486 g/mol. The molecule has 0 atom stereocenters. The number of nitrogens with one attached hydrogen (secondary N) is 1. The number of carbonyl (C=O) groups is 2. The molecule has 4 rings (SSSR count). The van der Waals surface area contributed by atoms with Crippen molar-refractivity contribution in [2.24, 2.45) is 0 Å². The Kier molecular flexibility index (Phi) is 7.31. The van der Waals surface area contributed by atoms with Crippen molar-refractivity contribution in [2.75, 3.05) is 24.7 Å². The van der Waals surface area contributed by atoms with E-state index in [1.54, 1.807) is 29.8 Å². The van der Waals surface area contributed by atoms with E-state index in [4.69, 9.17) is 0 Å². The van der Waals surface area contributed by atoms with Crippen molar-refractivity contribution in [3.8, 4) is 5.69 Å². The molecule has 0 unspecified atom stereocenters. The van der Waals surface area contributed by atoms with Crippen molar-refractivity contribution < 1.29 is 9.59 Å². The van der Waals surface area contributed by atoms with Gasteiger partial charge in [-0.05, 0) is 49.7 Å². The zero-order valence-electron chi connectivity index (χ0n) is 19.8. The Bertz CT molecular complexity index is 1450. The van der Waals surface area contributed by atoms with E-state index in [0.717, 1.165) is 16.8 Å². The molecular weight excluding hydrogens is 460 g/mol. The van der Waals surface area contributed by atoms with Gasteiger partial charge in [0.1, 0.15) is 0 Å². The lowest BCUT2D eigenvalue weighted by atomic mass is 10.2. The van der Waals surface area contributed by atoms with Crippen LogP contribution in [0.4, 0.5) is 5.69 Å². The van der Waals surface area contributed by atoms with Crippen LogP contribution < -0.4 is 10.9 Å². The van der Waals surface area contributed by atoms with Crippen LogP contribution >= 0.6 is 11.8 Å². The lowest BCUT2D eigenvalue weighted by Crippen LogP contribution is -2.36. The maximum absolute atomic E-state index is 13.4. The average molecular weight is 487 g/mol. The zero-order chi connectivity index (χ0) is 24.9. The van der Waals surface area contributed by atoms with Crippen molar-refractivity contribution in [1.29, 1.82) is 0 Å². The number of amides is 2. The smallest absolute Gasteiger partial charge is 0.266 e. The lowest BCUT2D eigenvalue weighted by Gasteiger charge is -2.18. The zero-order valence-corrected chi connectivity index (χ0v) is 20.6. The number of nitrogens with zero attached hydrogens (tertiary/aromatic N) is 3. The molecule has 0 saturated carbocycles. The predicted octanol–water partition coefficient (Wildman–Crippen LogP) is 4.19. The summed E-state index contributed by atoms with van der Waals surface area (Å²) in [6, 6.07) is 22.2. The maximum Gasteiger partial charge on any atom is 0.266 e. The van der Waals surface area contributed by atoms with Crippen molar-refractivity contribution in [3.63, 3.8) is 0 Å². The molecule has 0 aliphatic rings. The summed E-state index contributed by atoms with van der Waals surface area (Å²) >= 11 is 1.18. The van der Waals surface area contributed by atoms with Crippen molar-refractivity contribution >= 4 is 40.2 Å². The first-order valence-electron chi connectivity index (χ1n) is 11.1. The van der Waals surface area contributed by atoms with Gasteiger partial charge >= 0.3 is 0 Å². The van der Waals surface area contributed by atoms with Gasteiger partial charge in [-0.15, -0.1) is 0 Å². The molecule has 0 bridgehead atoms. The second-order valence-electron chi connectivity index (χ2n) is 8.29. The molecule has 8 heteroatoms. The van der Waals surface area contributed by atoms with Crippen molar-refractivity contribution in [2.45, 2.75) is 19.0 Å². The van der Waals surface area contributed by atoms with Gasteiger partial charge < -0.3 is 10.2 Å². The largest absolute Gasteiger partial charge is 0.336 e. The van der Waals surface area contributed by atoms with Crippen LogP contribution in [0.1, 0.15) is 11.1 Å². The van der Waals surface area contributed by atoms with E-state index in [0.29, 0.717) is 21.7 Å². The van der Waals surface area contributed by atoms with Gasteiger partial charge in [0.25, 0.3) is 5.56 Å². The second kappa shape index (κ2) is 10.6. The summed E-state index contributed by atoms with van der Waals surface area (Å²) in [7, 11) is 1.58. The molecule has 0 fully saturated rings. The molecule has 0 aliphatic heterocycles. The van der Waals surface area contributed by atoms with E-state index in [2.05, 4.69) is 10.3 Å². The Hall–Kier alpha value is -3.91. The first-order valence-corrected chi connectivity index (χ1v) is 12.1. The number of thioether (sulfide) groups is 1. The van der Waals surface area contributed by atoms with Gasteiger partial charge in [-0.2, -0.15) is 0 Å². The van der Waals surface area contributed by atoms with Crippen LogP contribution in [-0.4, -0.2) is 45.6 Å². The molecule has 0 radical (unpaired) electrons. The molecule has 1 N–H and O–H groups in total. The number of hydrogen-bond donors (Lipinski definition) is 1. The van der Waals surface area contributed by atoms with Crippen LogP contribution in [0, 0.1) is 13.8 Å². The maximum atomic E-state index is 13.4. The number of benzene rings is 3. The number of para-hydroxylation sites is 2. The number of carbonyl (C=O) groups excluding carboxylic acids is 2. The highest BCUT2D eigenvalue weighted by Crippen LogP contribution is 2.23. The summed E-state index contributed by atoms with van der Waals surface area (Å²) in [4.78, 5) is 44.6. The molecule has 1 heterocycles. The van der Waals surface area contributed by atoms with Gasteiger partial charge in [-0.3, -0.25) is 19.0 Å². The molecule has 0 aliphatic carbocycles. The minimum absolute atomic E-state index is 0.0327. The number of aryl methyl sites for hydroxylation is 2. The third kappa shape index (κ3) is 5.60. The van der Waals surface area contributed by atoms with Gasteiger partial charge in [-0.1, -0.05) is 59.8 Å². The number of likely N-dealkylation sites (N-methyl/N-ethyl adjacent to an activating group) is 1. The van der Waals surface area contributed by atoms with Gasteiger partial charge in [0.2, 0.25) is 11.8 Å². The van der Waals surface area contributed by atoms with E-state index in [1.807, 2.05) is 68.4 Å². The Labute approximate surface area is 207 Å². The number of anilines is 1. The summed E-state index contributed by atoms with van der Waals surface area (Å²) in [5, 5.41) is 3.73. The normalized spacial score (nSPS) is 10.8. The number of aromatic nitrogens is 2. The van der Waals surface area contributed by atoms with Crippen LogP contribution in [0.5, 0.6) is 0 Å². The molecule has 35 heavy (non-hydrogen) atoms. The average Bonchev–Trinajstić information content (AvgIpc) is 2.84.